The number of rotatable bonds is 2. The van der Waals surface area contributed by atoms with Crippen molar-refractivity contribution in [2.75, 3.05) is 7.11 Å². The summed E-state index contributed by atoms with van der Waals surface area (Å²) in [4.78, 5) is 34.7. The van der Waals surface area contributed by atoms with Gasteiger partial charge in [0.15, 0.2) is 5.78 Å². The molecule has 1 amide bonds. The Kier molecular flexibility index (Phi) is 4.32. The molecule has 18 heavy (non-hydrogen) atoms. The summed E-state index contributed by atoms with van der Waals surface area (Å²) in [6.45, 7) is 5.17. The van der Waals surface area contributed by atoms with Crippen molar-refractivity contribution in [2.45, 2.75) is 45.3 Å². The molecule has 0 bridgehead atoms. The van der Waals surface area contributed by atoms with Crippen LogP contribution in [0.1, 0.15) is 33.6 Å². The van der Waals surface area contributed by atoms with E-state index in [0.717, 1.165) is 0 Å². The van der Waals surface area contributed by atoms with Crippen LogP contribution in [0.3, 0.4) is 0 Å². The Balaban J connectivity index is 2.65. The predicted molar refractivity (Wildman–Crippen MR) is 62.9 cm³/mol. The van der Waals surface area contributed by atoms with Crippen LogP contribution in [0.5, 0.6) is 0 Å². The summed E-state index contributed by atoms with van der Waals surface area (Å²) in [5.74, 6) is -1.27. The fraction of sp³-hybridized carbons (Fsp3) is 0.750. The monoisotopic (exact) mass is 257 g/mol. The summed E-state index contributed by atoms with van der Waals surface area (Å²) in [7, 11) is 1.26. The second kappa shape index (κ2) is 5.37. The lowest BCUT2D eigenvalue weighted by molar-refractivity contribution is -0.146. The molecule has 102 valence electrons. The summed E-state index contributed by atoms with van der Waals surface area (Å²) in [5, 5.41) is 2.44. The normalized spacial score (nSPS) is 23.7. The number of ether oxygens (including phenoxy) is 2. The van der Waals surface area contributed by atoms with Crippen LogP contribution >= 0.6 is 0 Å². The lowest BCUT2D eigenvalue weighted by Gasteiger charge is -2.23. The maximum absolute atomic E-state index is 11.6. The van der Waals surface area contributed by atoms with E-state index >= 15 is 0 Å². The number of ketones is 1. The van der Waals surface area contributed by atoms with Crippen LogP contribution in [0.25, 0.3) is 0 Å². The highest BCUT2D eigenvalue weighted by Crippen LogP contribution is 2.24. The van der Waals surface area contributed by atoms with Gasteiger partial charge in [0.25, 0.3) is 0 Å². The molecule has 1 N–H and O–H groups in total. The Hall–Kier alpha value is -1.59. The quantitative estimate of drug-likeness (QED) is 0.747. The first-order chi connectivity index (χ1) is 8.24. The number of esters is 1. The summed E-state index contributed by atoms with van der Waals surface area (Å²) >= 11 is 0. The molecule has 1 saturated carbocycles. The Morgan fingerprint density at radius 3 is 2.44 bits per heavy atom. The fourth-order valence-electron chi connectivity index (χ4n) is 1.87. The van der Waals surface area contributed by atoms with Crippen LogP contribution in [0.2, 0.25) is 0 Å². The van der Waals surface area contributed by atoms with Gasteiger partial charge in [0, 0.05) is 6.42 Å². The first kappa shape index (κ1) is 14.5. The first-order valence-corrected chi connectivity index (χ1v) is 5.84. The molecule has 0 aromatic heterocycles. The van der Waals surface area contributed by atoms with Crippen molar-refractivity contribution >= 4 is 17.8 Å². The highest BCUT2D eigenvalue weighted by molar-refractivity contribution is 5.95. The molecule has 1 rings (SSSR count). The minimum Gasteiger partial charge on any atom is -0.469 e. The molecular weight excluding hydrogens is 238 g/mol. The number of amides is 1. The molecule has 6 heteroatoms. The average molecular weight is 257 g/mol. The molecule has 0 radical (unpaired) electrons. The van der Waals surface area contributed by atoms with Crippen LogP contribution in [-0.2, 0) is 19.1 Å². The van der Waals surface area contributed by atoms with Gasteiger partial charge in [-0.05, 0) is 27.2 Å². The van der Waals surface area contributed by atoms with E-state index < -0.39 is 29.6 Å². The van der Waals surface area contributed by atoms with Crippen molar-refractivity contribution in [3.63, 3.8) is 0 Å². The highest BCUT2D eigenvalue weighted by Gasteiger charge is 2.41. The Labute approximate surface area is 106 Å². The summed E-state index contributed by atoms with van der Waals surface area (Å²) < 4.78 is 9.67. The maximum atomic E-state index is 11.6. The van der Waals surface area contributed by atoms with Crippen molar-refractivity contribution in [1.29, 1.82) is 0 Å². The summed E-state index contributed by atoms with van der Waals surface area (Å²) in [6, 6.07) is -0.840. The Morgan fingerprint density at radius 2 is 1.94 bits per heavy atom. The van der Waals surface area contributed by atoms with E-state index in [9.17, 15) is 14.4 Å². The molecular formula is C12H19NO5. The van der Waals surface area contributed by atoms with E-state index in [0.29, 0.717) is 6.42 Å². The molecule has 0 aromatic carbocycles. The largest absolute Gasteiger partial charge is 0.469 e. The lowest BCUT2D eigenvalue weighted by Crippen LogP contribution is -2.46. The maximum Gasteiger partial charge on any atom is 0.408 e. The zero-order valence-electron chi connectivity index (χ0n) is 11.1. The van der Waals surface area contributed by atoms with Crippen LogP contribution in [0, 0.1) is 5.92 Å². The van der Waals surface area contributed by atoms with Gasteiger partial charge in [-0.3, -0.25) is 9.59 Å². The first-order valence-electron chi connectivity index (χ1n) is 5.84. The highest BCUT2D eigenvalue weighted by atomic mass is 16.6. The number of hydrogen-bond donors (Lipinski definition) is 1. The molecule has 0 saturated heterocycles. The topological polar surface area (TPSA) is 81.7 Å². The molecule has 2 atom stereocenters. The van der Waals surface area contributed by atoms with Crippen molar-refractivity contribution in [3.8, 4) is 0 Å². The molecule has 1 aliphatic rings. The van der Waals surface area contributed by atoms with Crippen LogP contribution in [-0.4, -0.2) is 36.6 Å². The van der Waals surface area contributed by atoms with Gasteiger partial charge in [-0.1, -0.05) is 0 Å². The standard InChI is InChI=1S/C12H19NO5/c1-12(2,3)18-11(16)13-9-7(10(15)17-4)5-6-8(9)14/h7,9H,5-6H2,1-4H3,(H,13,16). The van der Waals surface area contributed by atoms with E-state index in [2.05, 4.69) is 10.1 Å². The fourth-order valence-corrected chi connectivity index (χ4v) is 1.87. The Bertz CT molecular complexity index is 358. The third kappa shape index (κ3) is 3.72. The second-order valence-corrected chi connectivity index (χ2v) is 5.26. The second-order valence-electron chi connectivity index (χ2n) is 5.26. The van der Waals surface area contributed by atoms with Crippen molar-refractivity contribution in [2.24, 2.45) is 5.92 Å². The summed E-state index contributed by atoms with van der Waals surface area (Å²) in [6.07, 6.45) is -0.0386. The molecule has 0 aliphatic heterocycles. The summed E-state index contributed by atoms with van der Waals surface area (Å²) in [5.41, 5.74) is -0.646. The molecule has 0 aromatic rings. The number of nitrogens with one attached hydrogen (secondary N) is 1. The van der Waals surface area contributed by atoms with Crippen LogP contribution < -0.4 is 5.32 Å². The lowest BCUT2D eigenvalue weighted by atomic mass is 10.0. The van der Waals surface area contributed by atoms with E-state index in [1.165, 1.54) is 7.11 Å². The average Bonchev–Trinajstić information content (AvgIpc) is 2.57. The molecule has 0 heterocycles. The molecule has 0 spiro atoms. The molecule has 6 nitrogen and oxygen atoms in total. The third-order valence-corrected chi connectivity index (χ3v) is 2.63. The van der Waals surface area contributed by atoms with Crippen LogP contribution in [0.4, 0.5) is 4.79 Å². The molecule has 1 fully saturated rings. The van der Waals surface area contributed by atoms with Gasteiger partial charge < -0.3 is 14.8 Å². The minimum atomic E-state index is -0.840. The van der Waals surface area contributed by atoms with Gasteiger partial charge in [-0.2, -0.15) is 0 Å². The van der Waals surface area contributed by atoms with Crippen molar-refractivity contribution in [3.05, 3.63) is 0 Å². The number of carbonyl (C=O) groups excluding carboxylic acids is 3. The zero-order valence-corrected chi connectivity index (χ0v) is 11.1. The smallest absolute Gasteiger partial charge is 0.408 e. The van der Waals surface area contributed by atoms with E-state index in [1.807, 2.05) is 0 Å². The van der Waals surface area contributed by atoms with Crippen molar-refractivity contribution < 1.29 is 23.9 Å². The number of methoxy groups -OCH3 is 1. The number of hydrogen-bond acceptors (Lipinski definition) is 5. The van der Waals surface area contributed by atoms with Gasteiger partial charge >= 0.3 is 12.1 Å². The van der Waals surface area contributed by atoms with Gasteiger partial charge in [0.1, 0.15) is 11.6 Å². The number of alkyl carbamates (subject to hydrolysis) is 1. The zero-order chi connectivity index (χ0) is 13.9. The van der Waals surface area contributed by atoms with Gasteiger partial charge in [-0.25, -0.2) is 4.79 Å². The SMILES string of the molecule is COC(=O)C1CCC(=O)C1NC(=O)OC(C)(C)C. The van der Waals surface area contributed by atoms with E-state index in [4.69, 9.17) is 4.74 Å². The molecule has 1 aliphatic carbocycles. The third-order valence-electron chi connectivity index (χ3n) is 2.63. The van der Waals surface area contributed by atoms with Crippen molar-refractivity contribution in [1.82, 2.24) is 5.32 Å². The minimum absolute atomic E-state index is 0.170. The van der Waals surface area contributed by atoms with E-state index in [-0.39, 0.29) is 12.2 Å². The van der Waals surface area contributed by atoms with Crippen LogP contribution in [0.15, 0.2) is 0 Å². The van der Waals surface area contributed by atoms with Gasteiger partial charge in [-0.15, -0.1) is 0 Å². The number of carbonyl (C=O) groups is 3. The molecule has 2 unspecified atom stereocenters. The van der Waals surface area contributed by atoms with E-state index in [1.54, 1.807) is 20.8 Å². The Morgan fingerprint density at radius 1 is 1.33 bits per heavy atom. The van der Waals surface area contributed by atoms with Gasteiger partial charge in [0.2, 0.25) is 0 Å². The van der Waals surface area contributed by atoms with Gasteiger partial charge in [0.05, 0.1) is 13.0 Å². The predicted octanol–water partition coefficient (Wildman–Crippen LogP) is 1.03. The number of Topliss-reactive ketones (excluding diaryl/α,β-unsaturated/α-hetero) is 1.